The van der Waals surface area contributed by atoms with Gasteiger partial charge in [-0.1, -0.05) is 31.5 Å². The van der Waals surface area contributed by atoms with Crippen LogP contribution in [0.5, 0.6) is 0 Å². The van der Waals surface area contributed by atoms with Crippen molar-refractivity contribution in [3.63, 3.8) is 0 Å². The van der Waals surface area contributed by atoms with E-state index in [1.54, 1.807) is 0 Å². The summed E-state index contributed by atoms with van der Waals surface area (Å²) < 4.78 is 0. The number of piperazine rings is 1. The molecule has 0 radical (unpaired) electrons. The monoisotopic (exact) mass is 232 g/mol. The molecule has 0 amide bonds. The minimum absolute atomic E-state index is 0.616. The van der Waals surface area contributed by atoms with E-state index < -0.39 is 0 Å². The van der Waals surface area contributed by atoms with Crippen molar-refractivity contribution in [3.8, 4) is 0 Å². The van der Waals surface area contributed by atoms with Gasteiger partial charge in [-0.15, -0.1) is 0 Å². The second-order valence-electron chi connectivity index (χ2n) is 5.50. The maximum atomic E-state index is 3.51. The molecule has 94 valence electrons. The summed E-state index contributed by atoms with van der Waals surface area (Å²) in [4.78, 5) is 2.58. The third kappa shape index (κ3) is 2.63. The molecular formula is C15H24N2. The molecule has 2 nitrogen and oxygen atoms in total. The molecule has 0 saturated carbocycles. The first-order valence-electron chi connectivity index (χ1n) is 6.64. The SMILES string of the molecule is Cc1ccc(N2CCNCC2C(C)C)c(C)c1. The van der Waals surface area contributed by atoms with Gasteiger partial charge in [0.2, 0.25) is 0 Å². The molecule has 0 spiro atoms. The Morgan fingerprint density at radius 3 is 2.71 bits per heavy atom. The Balaban J connectivity index is 2.29. The Bertz CT molecular complexity index is 385. The summed E-state index contributed by atoms with van der Waals surface area (Å²) in [6.45, 7) is 12.3. The first kappa shape index (κ1) is 12.4. The van der Waals surface area contributed by atoms with E-state index in [2.05, 4.69) is 56.1 Å². The zero-order valence-corrected chi connectivity index (χ0v) is 11.5. The number of anilines is 1. The number of aryl methyl sites for hydroxylation is 2. The summed E-state index contributed by atoms with van der Waals surface area (Å²) in [6.07, 6.45) is 0. The van der Waals surface area contributed by atoms with Gasteiger partial charge in [0, 0.05) is 31.4 Å². The van der Waals surface area contributed by atoms with E-state index in [1.807, 2.05) is 0 Å². The molecule has 2 heteroatoms. The Kier molecular flexibility index (Phi) is 3.72. The van der Waals surface area contributed by atoms with Crippen LogP contribution in [0.1, 0.15) is 25.0 Å². The lowest BCUT2D eigenvalue weighted by Crippen LogP contribution is -2.54. The van der Waals surface area contributed by atoms with Crippen LogP contribution in [0.15, 0.2) is 18.2 Å². The molecule has 1 aliphatic rings. The van der Waals surface area contributed by atoms with E-state index in [4.69, 9.17) is 0 Å². The van der Waals surface area contributed by atoms with Gasteiger partial charge in [0.1, 0.15) is 0 Å². The fraction of sp³-hybridized carbons (Fsp3) is 0.600. The second-order valence-corrected chi connectivity index (χ2v) is 5.50. The highest BCUT2D eigenvalue weighted by Gasteiger charge is 2.25. The molecule has 1 N–H and O–H groups in total. The topological polar surface area (TPSA) is 15.3 Å². The summed E-state index contributed by atoms with van der Waals surface area (Å²) in [5.74, 6) is 0.684. The average molecular weight is 232 g/mol. The predicted octanol–water partition coefficient (Wildman–Crippen LogP) is 2.74. The van der Waals surface area contributed by atoms with E-state index in [0.29, 0.717) is 12.0 Å². The molecular weight excluding hydrogens is 208 g/mol. The zero-order chi connectivity index (χ0) is 12.4. The summed E-state index contributed by atoms with van der Waals surface area (Å²) in [7, 11) is 0. The molecule has 1 saturated heterocycles. The Labute approximate surface area is 105 Å². The van der Waals surface area contributed by atoms with Crippen LogP contribution in [-0.4, -0.2) is 25.7 Å². The highest BCUT2D eigenvalue weighted by molar-refractivity contribution is 5.55. The molecule has 0 aliphatic carbocycles. The minimum Gasteiger partial charge on any atom is -0.366 e. The lowest BCUT2D eigenvalue weighted by Gasteiger charge is -2.41. The van der Waals surface area contributed by atoms with Crippen LogP contribution >= 0.6 is 0 Å². The van der Waals surface area contributed by atoms with Crippen molar-refractivity contribution < 1.29 is 0 Å². The number of hydrogen-bond acceptors (Lipinski definition) is 2. The Morgan fingerprint density at radius 2 is 2.06 bits per heavy atom. The zero-order valence-electron chi connectivity index (χ0n) is 11.5. The number of nitrogens with one attached hydrogen (secondary N) is 1. The standard InChI is InChI=1S/C15H24N2/c1-11(2)15-10-16-7-8-17(15)14-6-5-12(3)9-13(14)4/h5-6,9,11,15-16H,7-8,10H2,1-4H3. The number of rotatable bonds is 2. The van der Waals surface area contributed by atoms with Gasteiger partial charge in [0.15, 0.2) is 0 Å². The summed E-state index contributed by atoms with van der Waals surface area (Å²) >= 11 is 0. The first-order valence-corrected chi connectivity index (χ1v) is 6.64. The van der Waals surface area contributed by atoms with E-state index in [-0.39, 0.29) is 0 Å². The normalized spacial score (nSPS) is 21.0. The van der Waals surface area contributed by atoms with E-state index in [1.165, 1.54) is 16.8 Å². The van der Waals surface area contributed by atoms with Crippen molar-refractivity contribution >= 4 is 5.69 Å². The average Bonchev–Trinajstić information content (AvgIpc) is 2.29. The molecule has 2 rings (SSSR count). The van der Waals surface area contributed by atoms with Crippen molar-refractivity contribution in [3.05, 3.63) is 29.3 Å². The molecule has 17 heavy (non-hydrogen) atoms. The van der Waals surface area contributed by atoms with Crippen LogP contribution in [0.3, 0.4) is 0 Å². The number of hydrogen-bond donors (Lipinski definition) is 1. The lowest BCUT2D eigenvalue weighted by atomic mass is 9.98. The quantitative estimate of drug-likeness (QED) is 0.843. The third-order valence-electron chi connectivity index (χ3n) is 3.71. The fourth-order valence-electron chi connectivity index (χ4n) is 2.75. The second kappa shape index (κ2) is 5.09. The minimum atomic E-state index is 0.616. The van der Waals surface area contributed by atoms with Gasteiger partial charge in [-0.3, -0.25) is 0 Å². The molecule has 0 bridgehead atoms. The highest BCUT2D eigenvalue weighted by atomic mass is 15.2. The van der Waals surface area contributed by atoms with E-state index >= 15 is 0 Å². The fourth-order valence-corrected chi connectivity index (χ4v) is 2.75. The lowest BCUT2D eigenvalue weighted by molar-refractivity contribution is 0.390. The van der Waals surface area contributed by atoms with Gasteiger partial charge >= 0.3 is 0 Å². The molecule has 1 aromatic carbocycles. The first-order chi connectivity index (χ1) is 8.09. The van der Waals surface area contributed by atoms with E-state index in [9.17, 15) is 0 Å². The van der Waals surface area contributed by atoms with Crippen LogP contribution < -0.4 is 10.2 Å². The van der Waals surface area contributed by atoms with Crippen LogP contribution in [0, 0.1) is 19.8 Å². The predicted molar refractivity (Wildman–Crippen MR) is 74.8 cm³/mol. The maximum absolute atomic E-state index is 3.51. The summed E-state index contributed by atoms with van der Waals surface area (Å²) in [5, 5.41) is 3.51. The van der Waals surface area contributed by atoms with Crippen molar-refractivity contribution in [1.82, 2.24) is 5.32 Å². The van der Waals surface area contributed by atoms with Gasteiger partial charge in [-0.2, -0.15) is 0 Å². The molecule has 1 aromatic rings. The Morgan fingerprint density at radius 1 is 1.29 bits per heavy atom. The molecule has 1 heterocycles. The highest BCUT2D eigenvalue weighted by Crippen LogP contribution is 2.26. The van der Waals surface area contributed by atoms with Gasteiger partial charge in [-0.05, 0) is 31.4 Å². The smallest absolute Gasteiger partial charge is 0.0438 e. The molecule has 0 aromatic heterocycles. The van der Waals surface area contributed by atoms with Crippen molar-refractivity contribution in [1.29, 1.82) is 0 Å². The number of nitrogens with zero attached hydrogens (tertiary/aromatic N) is 1. The summed E-state index contributed by atoms with van der Waals surface area (Å²) in [6, 6.07) is 7.41. The van der Waals surface area contributed by atoms with Crippen molar-refractivity contribution in [2.24, 2.45) is 5.92 Å². The molecule has 1 aliphatic heterocycles. The van der Waals surface area contributed by atoms with Crippen LogP contribution in [0.2, 0.25) is 0 Å². The Hall–Kier alpha value is -1.02. The van der Waals surface area contributed by atoms with Crippen LogP contribution in [-0.2, 0) is 0 Å². The van der Waals surface area contributed by atoms with E-state index in [0.717, 1.165) is 19.6 Å². The van der Waals surface area contributed by atoms with Crippen LogP contribution in [0.4, 0.5) is 5.69 Å². The molecule has 1 unspecified atom stereocenters. The van der Waals surface area contributed by atoms with Gasteiger partial charge in [0.25, 0.3) is 0 Å². The van der Waals surface area contributed by atoms with Gasteiger partial charge in [0.05, 0.1) is 0 Å². The summed E-state index contributed by atoms with van der Waals surface area (Å²) in [5.41, 5.74) is 4.16. The number of benzene rings is 1. The molecule has 1 atom stereocenters. The van der Waals surface area contributed by atoms with Crippen molar-refractivity contribution in [2.45, 2.75) is 33.7 Å². The van der Waals surface area contributed by atoms with Gasteiger partial charge < -0.3 is 10.2 Å². The maximum Gasteiger partial charge on any atom is 0.0438 e. The van der Waals surface area contributed by atoms with Crippen molar-refractivity contribution in [2.75, 3.05) is 24.5 Å². The molecule has 1 fully saturated rings. The van der Waals surface area contributed by atoms with Crippen LogP contribution in [0.25, 0.3) is 0 Å². The third-order valence-corrected chi connectivity index (χ3v) is 3.71. The van der Waals surface area contributed by atoms with Gasteiger partial charge in [-0.25, -0.2) is 0 Å². The largest absolute Gasteiger partial charge is 0.366 e.